The van der Waals surface area contributed by atoms with Crippen LogP contribution in [0, 0.1) is 5.92 Å². The van der Waals surface area contributed by atoms with E-state index in [1.807, 2.05) is 18.7 Å². The van der Waals surface area contributed by atoms with Crippen LogP contribution in [0.25, 0.3) is 0 Å². The highest BCUT2D eigenvalue weighted by Crippen LogP contribution is 2.30. The highest BCUT2D eigenvalue weighted by Gasteiger charge is 2.27. The molecule has 0 fully saturated rings. The smallest absolute Gasteiger partial charge is 0.335 e. The van der Waals surface area contributed by atoms with Gasteiger partial charge in [-0.1, -0.05) is 13.8 Å². The average molecular weight is 275 g/mol. The van der Waals surface area contributed by atoms with Gasteiger partial charge in [0, 0.05) is 18.2 Å². The molecule has 0 saturated heterocycles. The zero-order chi connectivity index (χ0) is 14.7. The molecule has 4 heteroatoms. The van der Waals surface area contributed by atoms with Crippen molar-refractivity contribution in [1.29, 1.82) is 0 Å². The van der Waals surface area contributed by atoms with E-state index in [4.69, 9.17) is 5.11 Å². The lowest BCUT2D eigenvalue weighted by Crippen LogP contribution is -2.39. The Kier molecular flexibility index (Phi) is 4.42. The average Bonchev–Trinajstić information content (AvgIpc) is 2.47. The van der Waals surface area contributed by atoms with Crippen LogP contribution in [-0.2, 0) is 11.2 Å². The Bertz CT molecular complexity index is 520. The molecule has 2 rings (SSSR count). The number of benzene rings is 1. The maximum absolute atomic E-state index is 12.6. The molecule has 1 aliphatic rings. The molecule has 4 nitrogen and oxygen atoms in total. The lowest BCUT2D eigenvalue weighted by molar-refractivity contribution is -0.122. The van der Waals surface area contributed by atoms with Gasteiger partial charge in [0.15, 0.2) is 0 Å². The van der Waals surface area contributed by atoms with Crippen molar-refractivity contribution in [3.05, 3.63) is 29.3 Å². The fraction of sp³-hybridized carbons (Fsp3) is 0.500. The Morgan fingerprint density at radius 3 is 2.60 bits per heavy atom. The maximum Gasteiger partial charge on any atom is 0.335 e. The van der Waals surface area contributed by atoms with Gasteiger partial charge in [-0.3, -0.25) is 4.79 Å². The summed E-state index contributed by atoms with van der Waals surface area (Å²) in [4.78, 5) is 25.4. The monoisotopic (exact) mass is 275 g/mol. The molecule has 0 saturated carbocycles. The molecule has 20 heavy (non-hydrogen) atoms. The summed E-state index contributed by atoms with van der Waals surface area (Å²) in [6, 6.07) is 5.06. The Labute approximate surface area is 119 Å². The van der Waals surface area contributed by atoms with Crippen molar-refractivity contribution in [2.24, 2.45) is 5.92 Å². The molecule has 1 N–H and O–H groups in total. The van der Waals surface area contributed by atoms with Gasteiger partial charge in [-0.15, -0.1) is 0 Å². The fourth-order valence-electron chi connectivity index (χ4n) is 2.82. The predicted octanol–water partition coefficient (Wildman–Crippen LogP) is 3.10. The molecule has 1 amide bonds. The molecule has 0 spiro atoms. The Morgan fingerprint density at radius 2 is 2.00 bits per heavy atom. The van der Waals surface area contributed by atoms with Crippen LogP contribution in [0.4, 0.5) is 5.69 Å². The standard InChI is InChI=1S/C16H21NO3/c1-3-11(4-2)15(18)17-9-5-6-12-10-13(16(19)20)7-8-14(12)17/h7-8,10-11H,3-6,9H2,1-2H3,(H,19,20). The van der Waals surface area contributed by atoms with Gasteiger partial charge in [0.2, 0.25) is 5.91 Å². The minimum absolute atomic E-state index is 0.0556. The number of amides is 1. The van der Waals surface area contributed by atoms with Crippen molar-refractivity contribution in [1.82, 2.24) is 0 Å². The SMILES string of the molecule is CCC(CC)C(=O)N1CCCc2cc(C(=O)O)ccc21. The van der Waals surface area contributed by atoms with E-state index >= 15 is 0 Å². The molecule has 0 radical (unpaired) electrons. The third-order valence-corrected chi connectivity index (χ3v) is 4.05. The molecule has 1 aliphatic heterocycles. The second kappa shape index (κ2) is 6.07. The van der Waals surface area contributed by atoms with Crippen LogP contribution in [-0.4, -0.2) is 23.5 Å². The summed E-state index contributed by atoms with van der Waals surface area (Å²) in [6.45, 7) is 4.80. The molecule has 0 aliphatic carbocycles. The van der Waals surface area contributed by atoms with Crippen molar-refractivity contribution in [3.8, 4) is 0 Å². The molecule has 0 atom stereocenters. The number of rotatable bonds is 4. The molecule has 1 aromatic carbocycles. The van der Waals surface area contributed by atoms with Gasteiger partial charge in [-0.25, -0.2) is 4.79 Å². The number of carboxylic acid groups (broad SMARTS) is 1. The van der Waals surface area contributed by atoms with Gasteiger partial charge >= 0.3 is 5.97 Å². The Balaban J connectivity index is 2.33. The van der Waals surface area contributed by atoms with Crippen molar-refractivity contribution in [2.75, 3.05) is 11.4 Å². The van der Waals surface area contributed by atoms with Gasteiger partial charge in [0.1, 0.15) is 0 Å². The summed E-state index contributed by atoms with van der Waals surface area (Å²) in [5.74, 6) is -0.699. The van der Waals surface area contributed by atoms with Crippen LogP contribution >= 0.6 is 0 Å². The number of nitrogens with zero attached hydrogens (tertiary/aromatic N) is 1. The van der Waals surface area contributed by atoms with Crippen LogP contribution in [0.15, 0.2) is 18.2 Å². The van der Waals surface area contributed by atoms with Gasteiger partial charge < -0.3 is 10.0 Å². The highest BCUT2D eigenvalue weighted by molar-refractivity contribution is 5.97. The molecule has 0 unspecified atom stereocenters. The van der Waals surface area contributed by atoms with Crippen LogP contribution in [0.5, 0.6) is 0 Å². The van der Waals surface area contributed by atoms with Gasteiger partial charge in [-0.05, 0) is 49.4 Å². The van der Waals surface area contributed by atoms with Gasteiger partial charge in [0.05, 0.1) is 5.56 Å². The van der Waals surface area contributed by atoms with E-state index in [2.05, 4.69) is 0 Å². The summed E-state index contributed by atoms with van der Waals surface area (Å²) >= 11 is 0. The molecule has 0 aromatic heterocycles. The first-order valence-electron chi connectivity index (χ1n) is 7.26. The lowest BCUT2D eigenvalue weighted by Gasteiger charge is -2.32. The van der Waals surface area contributed by atoms with E-state index in [9.17, 15) is 9.59 Å². The third-order valence-electron chi connectivity index (χ3n) is 4.05. The van der Waals surface area contributed by atoms with Crippen molar-refractivity contribution in [3.63, 3.8) is 0 Å². The van der Waals surface area contributed by atoms with Crippen LogP contribution in [0.2, 0.25) is 0 Å². The first-order valence-corrected chi connectivity index (χ1v) is 7.26. The van der Waals surface area contributed by atoms with Crippen molar-refractivity contribution in [2.45, 2.75) is 39.5 Å². The second-order valence-electron chi connectivity index (χ2n) is 5.26. The number of anilines is 1. The summed E-state index contributed by atoms with van der Waals surface area (Å²) in [7, 11) is 0. The third kappa shape index (κ3) is 2.69. The number of hydrogen-bond acceptors (Lipinski definition) is 2. The second-order valence-corrected chi connectivity index (χ2v) is 5.26. The predicted molar refractivity (Wildman–Crippen MR) is 78.1 cm³/mol. The van der Waals surface area contributed by atoms with Crippen LogP contribution < -0.4 is 4.90 Å². The summed E-state index contributed by atoms with van der Waals surface area (Å²) in [5.41, 5.74) is 2.15. The number of fused-ring (bicyclic) bond motifs is 1. The number of aromatic carboxylic acids is 1. The largest absolute Gasteiger partial charge is 0.478 e. The first kappa shape index (κ1) is 14.6. The van der Waals surface area contributed by atoms with E-state index < -0.39 is 5.97 Å². The van der Waals surface area contributed by atoms with Crippen molar-refractivity contribution < 1.29 is 14.7 Å². The Hall–Kier alpha value is -1.84. The summed E-state index contributed by atoms with van der Waals surface area (Å²) in [6.07, 6.45) is 3.41. The summed E-state index contributed by atoms with van der Waals surface area (Å²) in [5, 5.41) is 9.05. The van der Waals surface area contributed by atoms with Crippen molar-refractivity contribution >= 4 is 17.6 Å². The lowest BCUT2D eigenvalue weighted by atomic mass is 9.95. The minimum atomic E-state index is -0.920. The highest BCUT2D eigenvalue weighted by atomic mass is 16.4. The molecule has 1 aromatic rings. The van der Waals surface area contributed by atoms with Gasteiger partial charge in [0.25, 0.3) is 0 Å². The molecular formula is C16H21NO3. The zero-order valence-electron chi connectivity index (χ0n) is 12.1. The molecule has 108 valence electrons. The minimum Gasteiger partial charge on any atom is -0.478 e. The molecule has 0 bridgehead atoms. The fourth-order valence-corrected chi connectivity index (χ4v) is 2.82. The van der Waals surface area contributed by atoms with E-state index in [-0.39, 0.29) is 11.8 Å². The number of carbonyl (C=O) groups excluding carboxylic acids is 1. The number of carbonyl (C=O) groups is 2. The number of hydrogen-bond donors (Lipinski definition) is 1. The molecule has 1 heterocycles. The quantitative estimate of drug-likeness (QED) is 0.918. The topological polar surface area (TPSA) is 57.6 Å². The van der Waals surface area contributed by atoms with Crippen LogP contribution in [0.3, 0.4) is 0 Å². The van der Waals surface area contributed by atoms with Gasteiger partial charge in [-0.2, -0.15) is 0 Å². The zero-order valence-corrected chi connectivity index (χ0v) is 12.1. The van der Waals surface area contributed by atoms with E-state index in [0.29, 0.717) is 5.56 Å². The van der Waals surface area contributed by atoms with Crippen LogP contribution in [0.1, 0.15) is 49.0 Å². The number of carboxylic acids is 1. The normalized spacial score (nSPS) is 14.2. The van der Waals surface area contributed by atoms with E-state index in [1.165, 1.54) is 0 Å². The Morgan fingerprint density at radius 1 is 1.30 bits per heavy atom. The summed E-state index contributed by atoms with van der Waals surface area (Å²) < 4.78 is 0. The van der Waals surface area contributed by atoms with E-state index in [0.717, 1.165) is 43.5 Å². The molecular weight excluding hydrogens is 254 g/mol. The maximum atomic E-state index is 12.6. The first-order chi connectivity index (χ1) is 9.58. The number of aryl methyl sites for hydroxylation is 1. The van der Waals surface area contributed by atoms with E-state index in [1.54, 1.807) is 18.2 Å².